The molecular weight excluding hydrogens is 346 g/mol. The summed E-state index contributed by atoms with van der Waals surface area (Å²) in [6.07, 6.45) is 7.67. The van der Waals surface area contributed by atoms with Gasteiger partial charge < -0.3 is 10.1 Å². The van der Waals surface area contributed by atoms with Crippen LogP contribution in [0, 0.1) is 34.5 Å². The van der Waals surface area contributed by atoms with Crippen LogP contribution in [0.15, 0.2) is 0 Å². The minimum Gasteiger partial charge on any atom is -0.353 e. The first-order chi connectivity index (χ1) is 12.8. The lowest BCUT2D eigenvalue weighted by atomic mass is 9.62. The molecule has 0 aromatic heterocycles. The summed E-state index contributed by atoms with van der Waals surface area (Å²) in [5, 5.41) is 3.33. The Bertz CT molecular complexity index is 469. The summed E-state index contributed by atoms with van der Waals surface area (Å²) in [5.74, 6) is 0.686. The fourth-order valence-electron chi connectivity index (χ4n) is 3.82. The van der Waals surface area contributed by atoms with Gasteiger partial charge in [-0.25, -0.2) is 0 Å². The van der Waals surface area contributed by atoms with Gasteiger partial charge in [-0.2, -0.15) is 0 Å². The zero-order valence-corrected chi connectivity index (χ0v) is 20.5. The van der Waals surface area contributed by atoms with Gasteiger partial charge in [-0.05, 0) is 41.9 Å². The van der Waals surface area contributed by atoms with Crippen LogP contribution in [-0.4, -0.2) is 18.2 Å². The SMILES string of the molecule is CCCCC(C)(C)C(C)(C)CC(CC(C)C(C)CC)NC(=O)C(C)C(C)C=O. The van der Waals surface area contributed by atoms with E-state index in [2.05, 4.69) is 60.7 Å². The molecule has 0 aromatic rings. The third-order valence-corrected chi connectivity index (χ3v) is 7.78. The maximum atomic E-state index is 12.8. The summed E-state index contributed by atoms with van der Waals surface area (Å²) in [4.78, 5) is 23.9. The molecule has 0 saturated heterocycles. The number of amides is 1. The molecule has 3 nitrogen and oxygen atoms in total. The first-order valence-corrected chi connectivity index (χ1v) is 11.6. The van der Waals surface area contributed by atoms with Crippen LogP contribution in [0.25, 0.3) is 0 Å². The van der Waals surface area contributed by atoms with Crippen molar-refractivity contribution in [2.45, 2.75) is 114 Å². The molecule has 3 heteroatoms. The van der Waals surface area contributed by atoms with Gasteiger partial charge in [0.05, 0.1) is 0 Å². The molecule has 0 aliphatic heterocycles. The number of hydrogen-bond acceptors (Lipinski definition) is 2. The fourth-order valence-corrected chi connectivity index (χ4v) is 3.82. The molecule has 1 N–H and O–H groups in total. The Hall–Kier alpha value is -0.860. The Kier molecular flexibility index (Phi) is 11.6. The van der Waals surface area contributed by atoms with E-state index in [0.717, 1.165) is 25.5 Å². The van der Waals surface area contributed by atoms with E-state index in [9.17, 15) is 9.59 Å². The van der Waals surface area contributed by atoms with Gasteiger partial charge in [0.15, 0.2) is 0 Å². The standard InChI is InChI=1S/C25H49NO2/c1-11-13-14-24(7,8)25(9,10)16-22(15-19(4)18(3)12-2)26-23(28)21(6)20(5)17-27/h17-22H,11-16H2,1-10H3,(H,26,28). The molecule has 166 valence electrons. The van der Waals surface area contributed by atoms with Crippen molar-refractivity contribution in [2.75, 3.05) is 0 Å². The molecular formula is C25H49NO2. The number of hydrogen-bond donors (Lipinski definition) is 1. The van der Waals surface area contributed by atoms with Crippen molar-refractivity contribution in [1.29, 1.82) is 0 Å². The largest absolute Gasteiger partial charge is 0.353 e. The zero-order chi connectivity index (χ0) is 22.1. The fraction of sp³-hybridized carbons (Fsp3) is 0.920. The quantitative estimate of drug-likeness (QED) is 0.335. The van der Waals surface area contributed by atoms with Crippen molar-refractivity contribution in [2.24, 2.45) is 34.5 Å². The molecule has 5 atom stereocenters. The Morgan fingerprint density at radius 1 is 0.964 bits per heavy atom. The monoisotopic (exact) mass is 395 g/mol. The lowest BCUT2D eigenvalue weighted by molar-refractivity contribution is -0.129. The maximum Gasteiger partial charge on any atom is 0.223 e. The van der Waals surface area contributed by atoms with Crippen molar-refractivity contribution in [3.05, 3.63) is 0 Å². The van der Waals surface area contributed by atoms with Gasteiger partial charge in [-0.3, -0.25) is 4.79 Å². The van der Waals surface area contributed by atoms with Crippen molar-refractivity contribution in [1.82, 2.24) is 5.32 Å². The highest BCUT2D eigenvalue weighted by molar-refractivity contribution is 5.81. The minimum absolute atomic E-state index is 0.0168. The van der Waals surface area contributed by atoms with E-state index in [1.54, 1.807) is 0 Å². The van der Waals surface area contributed by atoms with Crippen LogP contribution < -0.4 is 5.32 Å². The Balaban J connectivity index is 5.42. The predicted octanol–water partition coefficient (Wildman–Crippen LogP) is 6.65. The van der Waals surface area contributed by atoms with E-state index < -0.39 is 0 Å². The molecule has 0 saturated carbocycles. The molecule has 28 heavy (non-hydrogen) atoms. The minimum atomic E-state index is -0.282. The maximum absolute atomic E-state index is 12.8. The lowest BCUT2D eigenvalue weighted by Gasteiger charge is -2.45. The molecule has 5 unspecified atom stereocenters. The van der Waals surface area contributed by atoms with Crippen LogP contribution in [0.5, 0.6) is 0 Å². The molecule has 0 radical (unpaired) electrons. The number of rotatable bonds is 14. The highest BCUT2D eigenvalue weighted by atomic mass is 16.2. The van der Waals surface area contributed by atoms with Gasteiger partial charge in [0.2, 0.25) is 5.91 Å². The molecule has 0 aliphatic carbocycles. The topological polar surface area (TPSA) is 46.2 Å². The summed E-state index contributed by atoms with van der Waals surface area (Å²) in [6, 6.07) is 0.147. The van der Waals surface area contributed by atoms with Crippen LogP contribution in [0.3, 0.4) is 0 Å². The second kappa shape index (κ2) is 12.0. The van der Waals surface area contributed by atoms with Crippen LogP contribution in [0.1, 0.15) is 108 Å². The van der Waals surface area contributed by atoms with E-state index in [1.807, 2.05) is 13.8 Å². The van der Waals surface area contributed by atoms with Crippen molar-refractivity contribution < 1.29 is 9.59 Å². The van der Waals surface area contributed by atoms with Gasteiger partial charge in [0.1, 0.15) is 6.29 Å². The Morgan fingerprint density at radius 3 is 2.00 bits per heavy atom. The van der Waals surface area contributed by atoms with E-state index in [0.29, 0.717) is 11.8 Å². The van der Waals surface area contributed by atoms with Crippen molar-refractivity contribution in [3.63, 3.8) is 0 Å². The number of nitrogens with one attached hydrogen (secondary N) is 1. The smallest absolute Gasteiger partial charge is 0.223 e. The highest BCUT2D eigenvalue weighted by Crippen LogP contribution is 2.46. The predicted molar refractivity (Wildman–Crippen MR) is 121 cm³/mol. The van der Waals surface area contributed by atoms with E-state index in [-0.39, 0.29) is 34.6 Å². The lowest BCUT2D eigenvalue weighted by Crippen LogP contribution is -2.46. The molecule has 0 heterocycles. The number of carbonyl (C=O) groups is 2. The van der Waals surface area contributed by atoms with Crippen LogP contribution >= 0.6 is 0 Å². The molecule has 1 amide bonds. The molecule has 0 aromatic carbocycles. The summed E-state index contributed by atoms with van der Waals surface area (Å²) < 4.78 is 0. The second-order valence-electron chi connectivity index (χ2n) is 10.7. The summed E-state index contributed by atoms with van der Waals surface area (Å²) in [6.45, 7) is 22.2. The van der Waals surface area contributed by atoms with Crippen LogP contribution in [0.4, 0.5) is 0 Å². The van der Waals surface area contributed by atoms with Gasteiger partial charge in [-0.1, -0.05) is 88.5 Å². The van der Waals surface area contributed by atoms with E-state index >= 15 is 0 Å². The first kappa shape index (κ1) is 27.1. The van der Waals surface area contributed by atoms with Crippen molar-refractivity contribution in [3.8, 4) is 0 Å². The third-order valence-electron chi connectivity index (χ3n) is 7.78. The normalized spacial score (nSPS) is 18.1. The van der Waals surface area contributed by atoms with Crippen LogP contribution in [0.2, 0.25) is 0 Å². The summed E-state index contributed by atoms with van der Waals surface area (Å²) >= 11 is 0. The third kappa shape index (κ3) is 8.25. The summed E-state index contributed by atoms with van der Waals surface area (Å²) in [5.41, 5.74) is 0.335. The average molecular weight is 396 g/mol. The first-order valence-electron chi connectivity index (χ1n) is 11.6. The second-order valence-corrected chi connectivity index (χ2v) is 10.7. The number of unbranched alkanes of at least 4 members (excludes halogenated alkanes) is 1. The van der Waals surface area contributed by atoms with Gasteiger partial charge in [0.25, 0.3) is 0 Å². The molecule has 0 aliphatic rings. The van der Waals surface area contributed by atoms with Gasteiger partial charge >= 0.3 is 0 Å². The summed E-state index contributed by atoms with van der Waals surface area (Å²) in [7, 11) is 0. The van der Waals surface area contributed by atoms with Gasteiger partial charge in [-0.15, -0.1) is 0 Å². The van der Waals surface area contributed by atoms with Gasteiger partial charge in [0, 0.05) is 17.9 Å². The van der Waals surface area contributed by atoms with Crippen LogP contribution in [-0.2, 0) is 9.59 Å². The van der Waals surface area contributed by atoms with E-state index in [1.165, 1.54) is 19.3 Å². The molecule has 0 rings (SSSR count). The average Bonchev–Trinajstić information content (AvgIpc) is 2.63. The molecule has 0 bridgehead atoms. The molecule has 0 fully saturated rings. The Morgan fingerprint density at radius 2 is 1.54 bits per heavy atom. The van der Waals surface area contributed by atoms with Crippen molar-refractivity contribution >= 4 is 12.2 Å². The Labute approximate surface area is 175 Å². The number of aldehydes is 1. The van der Waals surface area contributed by atoms with E-state index in [4.69, 9.17) is 0 Å². The molecule has 0 spiro atoms. The zero-order valence-electron chi connectivity index (χ0n) is 20.5. The number of carbonyl (C=O) groups excluding carboxylic acids is 2. The highest BCUT2D eigenvalue weighted by Gasteiger charge is 2.39.